The lowest BCUT2D eigenvalue weighted by Gasteiger charge is -2.16. The van der Waals surface area contributed by atoms with Crippen LogP contribution in [0.4, 0.5) is 5.69 Å². The molecule has 0 fully saturated rings. The van der Waals surface area contributed by atoms with Gasteiger partial charge in [0.05, 0.1) is 14.2 Å². The summed E-state index contributed by atoms with van der Waals surface area (Å²) in [6.07, 6.45) is 1.04. The van der Waals surface area contributed by atoms with Gasteiger partial charge < -0.3 is 25.0 Å². The van der Waals surface area contributed by atoms with Crippen molar-refractivity contribution in [2.45, 2.75) is 13.3 Å². The molecule has 118 valence electrons. The van der Waals surface area contributed by atoms with Crippen LogP contribution in [0.5, 0.6) is 11.5 Å². The topological polar surface area (TPSA) is 45.8 Å². The Kier molecular flexibility index (Phi) is 7.25. The molecule has 0 atom stereocenters. The van der Waals surface area contributed by atoms with E-state index < -0.39 is 0 Å². The van der Waals surface area contributed by atoms with E-state index in [9.17, 15) is 0 Å². The number of benzene rings is 1. The van der Waals surface area contributed by atoms with Crippen LogP contribution in [-0.4, -0.2) is 51.4 Å². The van der Waals surface area contributed by atoms with Crippen LogP contribution in [0.15, 0.2) is 12.1 Å². The van der Waals surface area contributed by atoms with Crippen LogP contribution in [0.25, 0.3) is 0 Å². The molecule has 1 aromatic rings. The van der Waals surface area contributed by atoms with Gasteiger partial charge in [0.1, 0.15) is 0 Å². The predicted octanol–water partition coefficient (Wildman–Crippen LogP) is 2.25. The number of nitrogens with zero attached hydrogens (tertiary/aromatic N) is 1. The Morgan fingerprint density at radius 3 is 2.38 bits per heavy atom. The lowest BCUT2D eigenvalue weighted by atomic mass is 10.1. The summed E-state index contributed by atoms with van der Waals surface area (Å²) in [6, 6.07) is 3.82. The largest absolute Gasteiger partial charge is 0.493 e. The van der Waals surface area contributed by atoms with E-state index >= 15 is 0 Å². The number of aryl methyl sites for hydroxylation is 1. The van der Waals surface area contributed by atoms with Gasteiger partial charge in [-0.3, -0.25) is 0 Å². The fourth-order valence-corrected chi connectivity index (χ4v) is 2.09. The molecule has 2 N–H and O–H groups in total. The van der Waals surface area contributed by atoms with Gasteiger partial charge in [-0.2, -0.15) is 0 Å². The number of hydrogen-bond donors (Lipinski definition) is 2. The highest BCUT2D eigenvalue weighted by atomic mass is 32.1. The molecule has 0 radical (unpaired) electrons. The Morgan fingerprint density at radius 2 is 1.81 bits per heavy atom. The molecule has 0 bridgehead atoms. The first-order chi connectivity index (χ1) is 9.97. The van der Waals surface area contributed by atoms with Crippen LogP contribution in [0.1, 0.15) is 12.0 Å². The van der Waals surface area contributed by atoms with Gasteiger partial charge in [0.25, 0.3) is 0 Å². The molecule has 1 rings (SSSR count). The third kappa shape index (κ3) is 5.77. The summed E-state index contributed by atoms with van der Waals surface area (Å²) in [5.74, 6) is 1.39. The highest BCUT2D eigenvalue weighted by Crippen LogP contribution is 2.32. The van der Waals surface area contributed by atoms with Crippen molar-refractivity contribution in [1.82, 2.24) is 10.2 Å². The second-order valence-electron chi connectivity index (χ2n) is 5.06. The van der Waals surface area contributed by atoms with Gasteiger partial charge in [-0.15, -0.1) is 0 Å². The average Bonchev–Trinajstić information content (AvgIpc) is 2.45. The first-order valence-corrected chi connectivity index (χ1v) is 7.31. The van der Waals surface area contributed by atoms with Gasteiger partial charge in [-0.25, -0.2) is 0 Å². The van der Waals surface area contributed by atoms with Gasteiger partial charge in [0.15, 0.2) is 16.6 Å². The van der Waals surface area contributed by atoms with Crippen LogP contribution < -0.4 is 20.1 Å². The van der Waals surface area contributed by atoms with Crippen LogP contribution >= 0.6 is 12.2 Å². The molecule has 0 spiro atoms. The van der Waals surface area contributed by atoms with E-state index in [1.54, 1.807) is 14.2 Å². The summed E-state index contributed by atoms with van der Waals surface area (Å²) in [7, 11) is 7.36. The minimum Gasteiger partial charge on any atom is -0.493 e. The molecular weight excluding hydrogens is 286 g/mol. The molecular formula is C15H25N3O2S. The number of methoxy groups -OCH3 is 2. The number of thiocarbonyl (C=S) groups is 1. The molecule has 0 saturated heterocycles. The van der Waals surface area contributed by atoms with Crippen molar-refractivity contribution in [2.75, 3.05) is 46.7 Å². The summed E-state index contributed by atoms with van der Waals surface area (Å²) in [6.45, 7) is 3.88. The van der Waals surface area contributed by atoms with Crippen LogP contribution in [0.2, 0.25) is 0 Å². The molecule has 0 aromatic heterocycles. The second kappa shape index (κ2) is 8.69. The van der Waals surface area contributed by atoms with Crippen molar-refractivity contribution in [3.05, 3.63) is 17.7 Å². The summed E-state index contributed by atoms with van der Waals surface area (Å²) >= 11 is 5.31. The van der Waals surface area contributed by atoms with E-state index in [0.29, 0.717) is 16.6 Å². The van der Waals surface area contributed by atoms with E-state index in [1.165, 1.54) is 0 Å². The molecule has 6 heteroatoms. The average molecular weight is 311 g/mol. The van der Waals surface area contributed by atoms with Crippen molar-refractivity contribution in [3.8, 4) is 11.5 Å². The van der Waals surface area contributed by atoms with E-state index in [0.717, 1.165) is 30.8 Å². The molecule has 0 unspecified atom stereocenters. The predicted molar refractivity (Wildman–Crippen MR) is 91.7 cm³/mol. The zero-order valence-corrected chi connectivity index (χ0v) is 14.3. The third-order valence-electron chi connectivity index (χ3n) is 3.05. The first-order valence-electron chi connectivity index (χ1n) is 6.90. The quantitative estimate of drug-likeness (QED) is 0.595. The first kappa shape index (κ1) is 17.5. The zero-order chi connectivity index (χ0) is 15.8. The Labute approximate surface area is 132 Å². The monoisotopic (exact) mass is 311 g/mol. The Hall–Kier alpha value is -1.53. The maximum atomic E-state index is 5.31. The molecule has 0 amide bonds. The van der Waals surface area contributed by atoms with Gasteiger partial charge in [-0.1, -0.05) is 0 Å². The van der Waals surface area contributed by atoms with Crippen LogP contribution in [-0.2, 0) is 0 Å². The lowest BCUT2D eigenvalue weighted by Crippen LogP contribution is -2.31. The van der Waals surface area contributed by atoms with E-state index in [2.05, 4.69) is 29.6 Å². The van der Waals surface area contributed by atoms with Crippen LogP contribution in [0.3, 0.4) is 0 Å². The normalized spacial score (nSPS) is 10.4. The van der Waals surface area contributed by atoms with Gasteiger partial charge in [-0.05, 0) is 57.8 Å². The maximum absolute atomic E-state index is 5.31. The smallest absolute Gasteiger partial charge is 0.170 e. The summed E-state index contributed by atoms with van der Waals surface area (Å²) in [5, 5.41) is 7.01. The highest BCUT2D eigenvalue weighted by Gasteiger charge is 2.09. The second-order valence-corrected chi connectivity index (χ2v) is 5.47. The minimum atomic E-state index is 0.615. The Morgan fingerprint density at radius 1 is 1.19 bits per heavy atom. The maximum Gasteiger partial charge on any atom is 0.170 e. The lowest BCUT2D eigenvalue weighted by molar-refractivity contribution is 0.355. The molecule has 0 aliphatic rings. The Bertz CT molecular complexity index is 478. The number of ether oxygens (including phenoxy) is 2. The minimum absolute atomic E-state index is 0.615. The number of rotatable bonds is 7. The summed E-state index contributed by atoms with van der Waals surface area (Å²) < 4.78 is 10.6. The van der Waals surface area contributed by atoms with Gasteiger partial charge >= 0.3 is 0 Å². The number of nitrogens with one attached hydrogen (secondary N) is 2. The third-order valence-corrected chi connectivity index (χ3v) is 3.29. The van der Waals surface area contributed by atoms with Crippen molar-refractivity contribution in [1.29, 1.82) is 0 Å². The zero-order valence-electron chi connectivity index (χ0n) is 13.4. The van der Waals surface area contributed by atoms with Gasteiger partial charge in [0.2, 0.25) is 0 Å². The number of hydrogen-bond acceptors (Lipinski definition) is 4. The van der Waals surface area contributed by atoms with Crippen molar-refractivity contribution in [2.24, 2.45) is 0 Å². The Balaban J connectivity index is 2.59. The summed E-state index contributed by atoms with van der Waals surface area (Å²) in [5.41, 5.74) is 1.96. The van der Waals surface area contributed by atoms with Crippen molar-refractivity contribution >= 4 is 23.0 Å². The van der Waals surface area contributed by atoms with Crippen LogP contribution in [0, 0.1) is 6.92 Å². The molecule has 0 saturated carbocycles. The fraction of sp³-hybridized carbons (Fsp3) is 0.533. The fourth-order valence-electron chi connectivity index (χ4n) is 1.88. The van der Waals surface area contributed by atoms with Gasteiger partial charge in [0, 0.05) is 18.3 Å². The van der Waals surface area contributed by atoms with E-state index in [1.807, 2.05) is 19.1 Å². The SMILES string of the molecule is COc1cc(C)c(NC(=S)NCCCN(C)C)cc1OC. The molecule has 0 aliphatic heterocycles. The molecule has 0 aliphatic carbocycles. The molecule has 0 heterocycles. The standard InChI is InChI=1S/C15H25N3O2S/c1-11-9-13(19-4)14(20-5)10-12(11)17-15(21)16-7-6-8-18(2)3/h9-10H,6-8H2,1-5H3,(H2,16,17,21). The number of anilines is 1. The van der Waals surface area contributed by atoms with E-state index in [-0.39, 0.29) is 0 Å². The summed E-state index contributed by atoms with van der Waals surface area (Å²) in [4.78, 5) is 2.15. The molecule has 21 heavy (non-hydrogen) atoms. The van der Waals surface area contributed by atoms with E-state index in [4.69, 9.17) is 21.7 Å². The molecule has 5 nitrogen and oxygen atoms in total. The highest BCUT2D eigenvalue weighted by molar-refractivity contribution is 7.80. The van der Waals surface area contributed by atoms with Crippen molar-refractivity contribution in [3.63, 3.8) is 0 Å². The molecule has 1 aromatic carbocycles. The van der Waals surface area contributed by atoms with Crippen molar-refractivity contribution < 1.29 is 9.47 Å².